The number of carbonyl (C=O) groups is 5. The lowest BCUT2D eigenvalue weighted by Crippen LogP contribution is -2.57. The van der Waals surface area contributed by atoms with Crippen LogP contribution in [0.25, 0.3) is 0 Å². The molecule has 3 atom stereocenters. The number of primary amides is 1. The van der Waals surface area contributed by atoms with Gasteiger partial charge in [-0.15, -0.1) is 6.58 Å². The van der Waals surface area contributed by atoms with Crippen molar-refractivity contribution in [2.24, 2.45) is 29.0 Å². The van der Waals surface area contributed by atoms with E-state index in [4.69, 9.17) is 37.9 Å². The van der Waals surface area contributed by atoms with Gasteiger partial charge in [0.1, 0.15) is 23.8 Å². The number of halogens is 3. The van der Waals surface area contributed by atoms with E-state index in [0.717, 1.165) is 19.3 Å². The first-order chi connectivity index (χ1) is 22.5. The molecule has 15 nitrogen and oxygen atoms in total. The molecule has 0 saturated heterocycles. The standard InChI is InChI=1S/C28H43N9O4.C2HF3O2/c1-2-14-34-25(39)20(16-17-10-12-19(13-11-17)23(29)30)26(40)37-22(18-7-4-3-5-8-18)27(41)36-21(24(31)38)9-6-15-35-28(32)33;3-2(4,5)1(6)7/h2,10-13,18,20-22H,1,3-9,14-16H2,(H3,29,30)(H2,31,38)(H,34,39)(H,36,41)(H,37,40)(H4,32,33,35);(H,6,7)/t20?,21?,22-;/m0./s1. The fourth-order valence-corrected chi connectivity index (χ4v) is 4.85. The van der Waals surface area contributed by atoms with Crippen LogP contribution >= 0.6 is 0 Å². The minimum atomic E-state index is -5.08. The Morgan fingerprint density at radius 1 is 0.938 bits per heavy atom. The van der Waals surface area contributed by atoms with E-state index >= 15 is 0 Å². The van der Waals surface area contributed by atoms with Crippen LogP contribution in [0, 0.1) is 22.7 Å². The van der Waals surface area contributed by atoms with Gasteiger partial charge in [0.2, 0.25) is 23.6 Å². The molecule has 1 saturated carbocycles. The van der Waals surface area contributed by atoms with Crippen LogP contribution in [-0.2, 0) is 30.4 Å². The van der Waals surface area contributed by atoms with Gasteiger partial charge in [0.05, 0.1) is 0 Å². The second-order valence-electron chi connectivity index (χ2n) is 11.0. The van der Waals surface area contributed by atoms with Gasteiger partial charge in [-0.1, -0.05) is 49.6 Å². The summed E-state index contributed by atoms with van der Waals surface area (Å²) in [6.45, 7) is 4.09. The van der Waals surface area contributed by atoms with E-state index in [2.05, 4.69) is 27.8 Å². The average molecular weight is 684 g/mol. The number of hydrogen-bond acceptors (Lipinski definition) is 7. The number of carbonyl (C=O) groups excluding carboxylic acids is 4. The second kappa shape index (κ2) is 20.2. The van der Waals surface area contributed by atoms with Crippen LogP contribution in [0.1, 0.15) is 56.1 Å². The molecule has 0 radical (unpaired) electrons. The molecule has 13 N–H and O–H groups in total. The van der Waals surface area contributed by atoms with E-state index in [0.29, 0.717) is 36.9 Å². The predicted molar refractivity (Wildman–Crippen MR) is 170 cm³/mol. The van der Waals surface area contributed by atoms with E-state index in [9.17, 15) is 32.3 Å². The third-order valence-corrected chi connectivity index (χ3v) is 7.35. The van der Waals surface area contributed by atoms with Crippen molar-refractivity contribution in [1.29, 1.82) is 10.8 Å². The van der Waals surface area contributed by atoms with Gasteiger partial charge in [-0.2, -0.15) is 13.2 Å². The molecule has 2 rings (SSSR count). The summed E-state index contributed by atoms with van der Waals surface area (Å²) in [5.41, 5.74) is 17.6. The number of amidine groups is 1. The second-order valence-corrected chi connectivity index (χ2v) is 11.0. The Kier molecular flexibility index (Phi) is 17.2. The number of nitrogen functional groups attached to an aromatic ring is 1. The van der Waals surface area contributed by atoms with Crippen LogP contribution in [0.3, 0.4) is 0 Å². The Morgan fingerprint density at radius 2 is 1.52 bits per heavy atom. The van der Waals surface area contributed by atoms with E-state index in [1.807, 2.05) is 0 Å². The topological polar surface area (TPSA) is 279 Å². The molecule has 0 aromatic heterocycles. The molecule has 1 aromatic carbocycles. The van der Waals surface area contributed by atoms with E-state index < -0.39 is 53.8 Å². The maximum Gasteiger partial charge on any atom is 0.490 e. The minimum absolute atomic E-state index is 0.0546. The highest BCUT2D eigenvalue weighted by atomic mass is 19.4. The van der Waals surface area contributed by atoms with Crippen molar-refractivity contribution in [3.8, 4) is 0 Å². The minimum Gasteiger partial charge on any atom is -0.475 e. The molecule has 0 spiro atoms. The zero-order valence-electron chi connectivity index (χ0n) is 26.3. The summed E-state index contributed by atoms with van der Waals surface area (Å²) < 4.78 is 31.7. The number of amides is 4. The zero-order valence-corrected chi connectivity index (χ0v) is 26.3. The lowest BCUT2D eigenvalue weighted by molar-refractivity contribution is -0.192. The number of nitrogens with two attached hydrogens (primary N) is 3. The van der Waals surface area contributed by atoms with E-state index in [1.54, 1.807) is 24.3 Å². The highest BCUT2D eigenvalue weighted by Gasteiger charge is 2.38. The van der Waals surface area contributed by atoms with Gasteiger partial charge in [0.25, 0.3) is 0 Å². The lowest BCUT2D eigenvalue weighted by Gasteiger charge is -2.32. The quantitative estimate of drug-likeness (QED) is 0.0378. The van der Waals surface area contributed by atoms with Crippen molar-refractivity contribution in [2.45, 2.75) is 69.6 Å². The smallest absolute Gasteiger partial charge is 0.475 e. The highest BCUT2D eigenvalue weighted by Crippen LogP contribution is 2.27. The van der Waals surface area contributed by atoms with Crippen LogP contribution in [0.5, 0.6) is 0 Å². The van der Waals surface area contributed by atoms with Crippen molar-refractivity contribution in [3.63, 3.8) is 0 Å². The fraction of sp³-hybridized carbons (Fsp3) is 0.500. The SMILES string of the molecule is C=CCNC(=O)C(Cc1ccc(C(=N)N)cc1)C(=O)N[C@H](C(=O)NC(CCCNC(=N)N)C(N)=O)C1CCCCC1.O=C(O)C(F)(F)F. The molecule has 1 aromatic rings. The zero-order chi connectivity index (χ0) is 36.4. The van der Waals surface area contributed by atoms with Gasteiger partial charge < -0.3 is 43.6 Å². The van der Waals surface area contributed by atoms with Crippen LogP contribution in [0.2, 0.25) is 0 Å². The summed E-state index contributed by atoms with van der Waals surface area (Å²) in [6, 6.07) is 4.73. The molecule has 1 aliphatic carbocycles. The van der Waals surface area contributed by atoms with Gasteiger partial charge in [0.15, 0.2) is 5.96 Å². The highest BCUT2D eigenvalue weighted by molar-refractivity contribution is 6.02. The van der Waals surface area contributed by atoms with Crippen molar-refractivity contribution >= 4 is 41.4 Å². The van der Waals surface area contributed by atoms with Crippen LogP contribution in [0.4, 0.5) is 13.2 Å². The van der Waals surface area contributed by atoms with E-state index in [-0.39, 0.29) is 37.1 Å². The van der Waals surface area contributed by atoms with Gasteiger partial charge in [0, 0.05) is 18.7 Å². The molecule has 0 bridgehead atoms. The van der Waals surface area contributed by atoms with Crippen LogP contribution < -0.4 is 38.5 Å². The maximum atomic E-state index is 13.6. The molecule has 266 valence electrons. The monoisotopic (exact) mass is 683 g/mol. The molecule has 4 amide bonds. The molecule has 18 heteroatoms. The predicted octanol–water partition coefficient (Wildman–Crippen LogP) is 0.363. The Balaban J connectivity index is 0.00000148. The molecule has 0 heterocycles. The number of nitrogens with one attached hydrogen (secondary N) is 6. The van der Waals surface area contributed by atoms with Crippen LogP contribution in [0.15, 0.2) is 36.9 Å². The molecule has 2 unspecified atom stereocenters. The summed E-state index contributed by atoms with van der Waals surface area (Å²) in [7, 11) is 0. The summed E-state index contributed by atoms with van der Waals surface area (Å²) in [5, 5.41) is 32.7. The van der Waals surface area contributed by atoms with Gasteiger partial charge in [-0.3, -0.25) is 30.0 Å². The first-order valence-corrected chi connectivity index (χ1v) is 15.1. The molecular weight excluding hydrogens is 639 g/mol. The number of guanidine groups is 1. The normalized spacial score (nSPS) is 14.8. The fourth-order valence-electron chi connectivity index (χ4n) is 4.85. The number of alkyl halides is 3. The Morgan fingerprint density at radius 3 is 2.00 bits per heavy atom. The summed E-state index contributed by atoms with van der Waals surface area (Å²) in [6.07, 6.45) is 1.34. The number of carboxylic acids is 1. The first kappa shape index (κ1) is 40.9. The molecule has 0 aliphatic heterocycles. The van der Waals surface area contributed by atoms with Crippen molar-refractivity contribution in [1.82, 2.24) is 21.3 Å². The summed E-state index contributed by atoms with van der Waals surface area (Å²) in [4.78, 5) is 61.2. The average Bonchev–Trinajstić information content (AvgIpc) is 3.02. The maximum absolute atomic E-state index is 13.6. The number of benzene rings is 1. The Labute approximate surface area is 275 Å². The summed E-state index contributed by atoms with van der Waals surface area (Å²) >= 11 is 0. The molecule has 1 fully saturated rings. The largest absolute Gasteiger partial charge is 0.490 e. The lowest BCUT2D eigenvalue weighted by atomic mass is 9.83. The molecule has 1 aliphatic rings. The Bertz CT molecular complexity index is 1300. The number of hydrogen-bond donors (Lipinski definition) is 10. The molecular formula is C30H44F3N9O6. The van der Waals surface area contributed by atoms with Gasteiger partial charge >= 0.3 is 12.1 Å². The third kappa shape index (κ3) is 15.0. The third-order valence-electron chi connectivity index (χ3n) is 7.35. The summed E-state index contributed by atoms with van der Waals surface area (Å²) in [5.74, 6) is -6.77. The van der Waals surface area contributed by atoms with Crippen molar-refractivity contribution in [3.05, 3.63) is 48.0 Å². The molecule has 48 heavy (non-hydrogen) atoms. The Hall–Kier alpha value is -5.16. The van der Waals surface area contributed by atoms with Gasteiger partial charge in [-0.05, 0) is 43.6 Å². The van der Waals surface area contributed by atoms with Crippen LogP contribution in [-0.4, -0.2) is 77.8 Å². The van der Waals surface area contributed by atoms with Crippen molar-refractivity contribution < 1.29 is 42.3 Å². The number of aliphatic carboxylic acids is 1. The van der Waals surface area contributed by atoms with Gasteiger partial charge in [-0.25, -0.2) is 4.79 Å². The van der Waals surface area contributed by atoms with E-state index in [1.165, 1.54) is 6.08 Å². The first-order valence-electron chi connectivity index (χ1n) is 15.1. The van der Waals surface area contributed by atoms with Crippen molar-refractivity contribution in [2.75, 3.05) is 13.1 Å². The number of carboxylic acid groups (broad SMARTS) is 1. The number of rotatable bonds is 16.